The molecule has 1 aromatic rings. The summed E-state index contributed by atoms with van der Waals surface area (Å²) in [5.41, 5.74) is 2.56. The number of amides is 1. The lowest BCUT2D eigenvalue weighted by atomic mass is 9.87. The van der Waals surface area contributed by atoms with Gasteiger partial charge in [-0.3, -0.25) is 4.79 Å². The van der Waals surface area contributed by atoms with Crippen molar-refractivity contribution in [3.05, 3.63) is 35.4 Å². The van der Waals surface area contributed by atoms with Crippen molar-refractivity contribution < 1.29 is 9.90 Å². The van der Waals surface area contributed by atoms with Crippen LogP contribution in [0.5, 0.6) is 0 Å². The number of aliphatic hydroxyl groups excluding tert-OH is 1. The zero-order chi connectivity index (χ0) is 11.5. The molecule has 1 aliphatic carbocycles. The summed E-state index contributed by atoms with van der Waals surface area (Å²) in [6, 6.07) is 8.38. The van der Waals surface area contributed by atoms with Crippen molar-refractivity contribution in [1.29, 1.82) is 0 Å². The van der Waals surface area contributed by atoms with Crippen LogP contribution in [-0.4, -0.2) is 29.6 Å². The monoisotopic (exact) mass is 219 g/mol. The molecule has 0 aliphatic heterocycles. The smallest absolute Gasteiger partial charge is 0.248 e. The molecular weight excluding hydrogens is 202 g/mol. The molecule has 0 saturated heterocycles. The van der Waals surface area contributed by atoms with Gasteiger partial charge in [0, 0.05) is 7.05 Å². The Balaban J connectivity index is 2.28. The first-order valence-electron chi connectivity index (χ1n) is 5.68. The van der Waals surface area contributed by atoms with Gasteiger partial charge in [-0.05, 0) is 30.4 Å². The summed E-state index contributed by atoms with van der Waals surface area (Å²) in [4.78, 5) is 13.2. The van der Waals surface area contributed by atoms with Gasteiger partial charge >= 0.3 is 0 Å². The summed E-state index contributed by atoms with van der Waals surface area (Å²) in [5.74, 6) is -0.207. The molecule has 0 heterocycles. The van der Waals surface area contributed by atoms with Crippen LogP contribution in [0, 0.1) is 0 Å². The summed E-state index contributed by atoms with van der Waals surface area (Å²) in [6.45, 7) is -0.408. The molecule has 0 bridgehead atoms. The fourth-order valence-corrected chi connectivity index (χ4v) is 2.42. The van der Waals surface area contributed by atoms with Crippen molar-refractivity contribution in [2.45, 2.75) is 25.3 Å². The third kappa shape index (κ3) is 1.95. The molecule has 0 saturated carbocycles. The number of aliphatic hydroxyl groups is 1. The normalized spacial score (nSPS) is 19.0. The van der Waals surface area contributed by atoms with E-state index in [-0.39, 0.29) is 11.9 Å². The molecule has 2 rings (SSSR count). The van der Waals surface area contributed by atoms with Crippen LogP contribution in [0.25, 0.3) is 0 Å². The van der Waals surface area contributed by atoms with E-state index in [0.717, 1.165) is 19.3 Å². The minimum atomic E-state index is -0.408. The van der Waals surface area contributed by atoms with Gasteiger partial charge < -0.3 is 10.0 Å². The number of carbonyl (C=O) groups excluding carboxylic acids is 1. The maximum atomic E-state index is 11.5. The highest BCUT2D eigenvalue weighted by molar-refractivity contribution is 5.77. The first-order valence-corrected chi connectivity index (χ1v) is 5.68. The minimum Gasteiger partial charge on any atom is -0.387 e. The van der Waals surface area contributed by atoms with Gasteiger partial charge in [0.05, 0.1) is 6.04 Å². The van der Waals surface area contributed by atoms with E-state index < -0.39 is 6.61 Å². The van der Waals surface area contributed by atoms with Crippen molar-refractivity contribution in [3.8, 4) is 0 Å². The Morgan fingerprint density at radius 2 is 2.25 bits per heavy atom. The molecule has 86 valence electrons. The Hall–Kier alpha value is -1.35. The first-order chi connectivity index (χ1) is 7.74. The Kier molecular flexibility index (Phi) is 3.25. The van der Waals surface area contributed by atoms with Crippen LogP contribution in [0.3, 0.4) is 0 Å². The topological polar surface area (TPSA) is 40.5 Å². The molecule has 3 nitrogen and oxygen atoms in total. The number of fused-ring (bicyclic) bond motifs is 1. The van der Waals surface area contributed by atoms with Crippen molar-refractivity contribution in [1.82, 2.24) is 4.90 Å². The predicted molar refractivity (Wildman–Crippen MR) is 62.0 cm³/mol. The molecule has 3 heteroatoms. The van der Waals surface area contributed by atoms with Crippen LogP contribution in [-0.2, 0) is 11.2 Å². The zero-order valence-corrected chi connectivity index (χ0v) is 9.52. The average Bonchev–Trinajstić information content (AvgIpc) is 2.36. The van der Waals surface area contributed by atoms with Gasteiger partial charge in [-0.15, -0.1) is 0 Å². The standard InChI is InChI=1S/C13H17NO2/c1-14(13(16)9-15)12-8-4-6-10-5-2-3-7-11(10)12/h2-3,5,7,12,15H,4,6,8-9H2,1H3/t12-/m1/s1. The minimum absolute atomic E-state index is 0.129. The Morgan fingerprint density at radius 1 is 1.50 bits per heavy atom. The van der Waals surface area contributed by atoms with E-state index in [1.807, 2.05) is 12.1 Å². The highest BCUT2D eigenvalue weighted by atomic mass is 16.3. The molecule has 1 amide bonds. The fraction of sp³-hybridized carbons (Fsp3) is 0.462. The van der Waals surface area contributed by atoms with E-state index in [0.29, 0.717) is 0 Å². The quantitative estimate of drug-likeness (QED) is 0.819. The van der Waals surface area contributed by atoms with Crippen LogP contribution in [0.4, 0.5) is 0 Å². The number of carbonyl (C=O) groups is 1. The van der Waals surface area contributed by atoms with Gasteiger partial charge in [0.15, 0.2) is 0 Å². The van der Waals surface area contributed by atoms with Crippen molar-refractivity contribution in [2.24, 2.45) is 0 Å². The van der Waals surface area contributed by atoms with E-state index in [9.17, 15) is 4.79 Å². The third-order valence-electron chi connectivity index (χ3n) is 3.33. The molecule has 1 aromatic carbocycles. The second kappa shape index (κ2) is 4.66. The van der Waals surface area contributed by atoms with Gasteiger partial charge in [0.25, 0.3) is 0 Å². The maximum absolute atomic E-state index is 11.5. The molecule has 0 aromatic heterocycles. The molecule has 0 unspecified atom stereocenters. The molecular formula is C13H17NO2. The molecule has 0 spiro atoms. The Bertz CT molecular complexity index is 389. The summed E-state index contributed by atoms with van der Waals surface area (Å²) < 4.78 is 0. The number of benzene rings is 1. The number of aryl methyl sites for hydroxylation is 1. The van der Waals surface area contributed by atoms with Crippen LogP contribution < -0.4 is 0 Å². The third-order valence-corrected chi connectivity index (χ3v) is 3.33. The predicted octanol–water partition coefficient (Wildman–Crippen LogP) is 1.51. The van der Waals surface area contributed by atoms with Crippen LogP contribution >= 0.6 is 0 Å². The van der Waals surface area contributed by atoms with Gasteiger partial charge in [-0.25, -0.2) is 0 Å². The Morgan fingerprint density at radius 3 is 3.00 bits per heavy atom. The first kappa shape index (κ1) is 11.1. The van der Waals surface area contributed by atoms with Gasteiger partial charge in [-0.2, -0.15) is 0 Å². The largest absolute Gasteiger partial charge is 0.387 e. The number of rotatable bonds is 2. The van der Waals surface area contributed by atoms with Gasteiger partial charge in [0.1, 0.15) is 6.61 Å². The van der Waals surface area contributed by atoms with Gasteiger partial charge in [-0.1, -0.05) is 24.3 Å². The average molecular weight is 219 g/mol. The zero-order valence-electron chi connectivity index (χ0n) is 9.52. The highest BCUT2D eigenvalue weighted by Crippen LogP contribution is 2.33. The van der Waals surface area contributed by atoms with Gasteiger partial charge in [0.2, 0.25) is 5.91 Å². The lowest BCUT2D eigenvalue weighted by Gasteiger charge is -2.33. The molecule has 1 N–H and O–H groups in total. The van der Waals surface area contributed by atoms with E-state index in [4.69, 9.17) is 5.11 Å². The molecule has 1 aliphatic rings. The maximum Gasteiger partial charge on any atom is 0.248 e. The summed E-state index contributed by atoms with van der Waals surface area (Å²) in [5, 5.41) is 8.89. The van der Waals surface area contributed by atoms with E-state index in [1.54, 1.807) is 11.9 Å². The summed E-state index contributed by atoms with van der Waals surface area (Å²) in [6.07, 6.45) is 3.18. The second-order valence-corrected chi connectivity index (χ2v) is 4.27. The summed E-state index contributed by atoms with van der Waals surface area (Å²) in [7, 11) is 1.77. The van der Waals surface area contributed by atoms with Crippen molar-refractivity contribution >= 4 is 5.91 Å². The number of hydrogen-bond acceptors (Lipinski definition) is 2. The van der Waals surface area contributed by atoms with Crippen molar-refractivity contribution in [2.75, 3.05) is 13.7 Å². The number of nitrogens with zero attached hydrogens (tertiary/aromatic N) is 1. The van der Waals surface area contributed by atoms with E-state index >= 15 is 0 Å². The molecule has 16 heavy (non-hydrogen) atoms. The van der Waals surface area contributed by atoms with Crippen LogP contribution in [0.15, 0.2) is 24.3 Å². The molecule has 0 fully saturated rings. The Labute approximate surface area is 95.7 Å². The molecule has 1 atom stereocenters. The SMILES string of the molecule is CN(C(=O)CO)[C@@H]1CCCc2ccccc21. The lowest BCUT2D eigenvalue weighted by Crippen LogP contribution is -2.35. The van der Waals surface area contributed by atoms with E-state index in [1.165, 1.54) is 11.1 Å². The molecule has 0 radical (unpaired) electrons. The van der Waals surface area contributed by atoms with Crippen LogP contribution in [0.2, 0.25) is 0 Å². The fourth-order valence-electron chi connectivity index (χ4n) is 2.42. The number of likely N-dealkylation sites (N-methyl/N-ethyl adjacent to an activating group) is 1. The van der Waals surface area contributed by atoms with E-state index in [2.05, 4.69) is 12.1 Å². The van der Waals surface area contributed by atoms with Crippen LogP contribution in [0.1, 0.15) is 30.0 Å². The second-order valence-electron chi connectivity index (χ2n) is 4.27. The number of hydrogen-bond donors (Lipinski definition) is 1. The summed E-state index contributed by atoms with van der Waals surface area (Å²) >= 11 is 0. The highest BCUT2D eigenvalue weighted by Gasteiger charge is 2.25. The lowest BCUT2D eigenvalue weighted by molar-refractivity contribution is -0.135. The van der Waals surface area contributed by atoms with Crippen molar-refractivity contribution in [3.63, 3.8) is 0 Å².